The molecule has 0 rings (SSSR count). The summed E-state index contributed by atoms with van der Waals surface area (Å²) in [5, 5.41) is 0. The molecular formula is C15H34N2S2. The molecule has 0 amide bonds. The van der Waals surface area contributed by atoms with Gasteiger partial charge in [-0.1, -0.05) is 4.32 Å². The molecule has 0 heterocycles. The van der Waals surface area contributed by atoms with E-state index in [4.69, 9.17) is 24.8 Å². The lowest BCUT2D eigenvalue weighted by atomic mass is 10.2. The van der Waals surface area contributed by atoms with Crippen molar-refractivity contribution >= 4 is 29.2 Å². The van der Waals surface area contributed by atoms with Gasteiger partial charge < -0.3 is 34.2 Å². The van der Waals surface area contributed by atoms with Crippen molar-refractivity contribution < 1.29 is 4.48 Å². The lowest BCUT2D eigenvalue weighted by Gasteiger charge is -2.36. The molecule has 2 nitrogen and oxygen atoms in total. The van der Waals surface area contributed by atoms with Gasteiger partial charge in [0.05, 0.1) is 26.2 Å². The summed E-state index contributed by atoms with van der Waals surface area (Å²) in [6.45, 7) is 22.6. The first-order chi connectivity index (χ1) is 8.71. The van der Waals surface area contributed by atoms with E-state index < -0.39 is 0 Å². The Bertz CT molecular complexity index is 211. The van der Waals surface area contributed by atoms with E-state index in [1.807, 2.05) is 4.90 Å². The predicted octanol–water partition coefficient (Wildman–Crippen LogP) is 3.82. The quantitative estimate of drug-likeness (QED) is 0.417. The molecule has 0 saturated heterocycles. The largest absolute Gasteiger partial charge is 0.411 e. The van der Waals surface area contributed by atoms with Crippen molar-refractivity contribution in [3.05, 3.63) is 0 Å². The summed E-state index contributed by atoms with van der Waals surface area (Å²) in [4.78, 5) is 2.05. The standard InChI is InChI=1S/C8H20N.C7H15NS2/c1-5-9(6-2,7-3)8-4;1-5(2)8(6(3)4)7(9)10/h5-8H2,1-4H3;5-6H,1-4H3,(H,9,10)/q+1;/p-1. The van der Waals surface area contributed by atoms with Crippen LogP contribution in [0.4, 0.5) is 0 Å². The van der Waals surface area contributed by atoms with Crippen molar-refractivity contribution in [2.75, 3.05) is 26.2 Å². The Hall–Kier alpha value is 0.0700. The van der Waals surface area contributed by atoms with Crippen molar-refractivity contribution in [2.24, 2.45) is 0 Å². The predicted molar refractivity (Wildman–Crippen MR) is 94.5 cm³/mol. The van der Waals surface area contributed by atoms with Crippen LogP contribution in [0.1, 0.15) is 55.4 Å². The van der Waals surface area contributed by atoms with Crippen molar-refractivity contribution in [3.8, 4) is 0 Å². The maximum atomic E-state index is 4.91. The molecule has 4 heteroatoms. The summed E-state index contributed by atoms with van der Waals surface area (Å²) in [7, 11) is 0. The van der Waals surface area contributed by atoms with Crippen LogP contribution in [0, 0.1) is 0 Å². The molecule has 116 valence electrons. The van der Waals surface area contributed by atoms with Crippen LogP contribution in [-0.2, 0) is 12.6 Å². The zero-order valence-electron chi connectivity index (χ0n) is 14.2. The average Bonchev–Trinajstić information content (AvgIpc) is 2.32. The summed E-state index contributed by atoms with van der Waals surface area (Å²) < 4.78 is 1.85. The van der Waals surface area contributed by atoms with E-state index in [1.165, 1.54) is 30.7 Å². The third-order valence-electron chi connectivity index (χ3n) is 4.01. The smallest absolute Gasteiger partial charge is 0.0757 e. The zero-order chi connectivity index (χ0) is 15.6. The molecule has 0 aliphatic carbocycles. The Morgan fingerprint density at radius 2 is 1.16 bits per heavy atom. The van der Waals surface area contributed by atoms with Crippen LogP contribution in [0.25, 0.3) is 0 Å². The second-order valence-electron chi connectivity index (χ2n) is 5.47. The molecule has 0 spiro atoms. The van der Waals surface area contributed by atoms with E-state index in [2.05, 4.69) is 55.4 Å². The molecule has 0 bridgehead atoms. The first-order valence-corrected chi connectivity index (χ1v) is 8.37. The van der Waals surface area contributed by atoms with Crippen molar-refractivity contribution in [2.45, 2.75) is 67.5 Å². The molecule has 0 atom stereocenters. The van der Waals surface area contributed by atoms with E-state index in [-0.39, 0.29) is 0 Å². The summed E-state index contributed by atoms with van der Waals surface area (Å²) >= 11 is 9.82. The second-order valence-corrected chi connectivity index (χ2v) is 6.50. The van der Waals surface area contributed by atoms with Gasteiger partial charge in [0, 0.05) is 12.1 Å². The SMILES string of the molecule is CC(C)N(C(=S)[S-])C(C)C.CC[N+](CC)(CC)CC. The van der Waals surface area contributed by atoms with Gasteiger partial charge in [0.2, 0.25) is 0 Å². The Balaban J connectivity index is 0. The fourth-order valence-electron chi connectivity index (χ4n) is 2.36. The fraction of sp³-hybridized carbons (Fsp3) is 0.933. The molecule has 0 radical (unpaired) electrons. The van der Waals surface area contributed by atoms with Gasteiger partial charge in [-0.15, -0.1) is 0 Å². The normalized spacial score (nSPS) is 11.3. The summed E-state index contributed by atoms with van der Waals surface area (Å²) in [5.74, 6) is 0. The highest BCUT2D eigenvalue weighted by Gasteiger charge is 2.16. The molecule has 0 saturated carbocycles. The minimum absolute atomic E-state index is 0.421. The Morgan fingerprint density at radius 3 is 1.16 bits per heavy atom. The minimum atomic E-state index is 0.421. The third-order valence-corrected chi connectivity index (χ3v) is 4.43. The highest BCUT2D eigenvalue weighted by atomic mass is 32.1. The molecule has 0 aromatic carbocycles. The number of hydrogen-bond donors (Lipinski definition) is 0. The monoisotopic (exact) mass is 306 g/mol. The fourth-order valence-corrected chi connectivity index (χ4v) is 3.20. The Labute approximate surface area is 132 Å². The summed E-state index contributed by atoms with van der Waals surface area (Å²) in [5.41, 5.74) is 0. The number of nitrogens with zero attached hydrogens (tertiary/aromatic N) is 2. The van der Waals surface area contributed by atoms with Gasteiger partial charge in [0.1, 0.15) is 0 Å². The van der Waals surface area contributed by atoms with Crippen LogP contribution < -0.4 is 0 Å². The molecule has 0 aromatic heterocycles. The van der Waals surface area contributed by atoms with Crippen molar-refractivity contribution in [1.29, 1.82) is 0 Å². The van der Waals surface area contributed by atoms with Crippen LogP contribution in [0.3, 0.4) is 0 Å². The van der Waals surface area contributed by atoms with Crippen molar-refractivity contribution in [1.82, 2.24) is 4.90 Å². The number of rotatable bonds is 6. The topological polar surface area (TPSA) is 3.24 Å². The highest BCUT2D eigenvalue weighted by molar-refractivity contribution is 8.00. The first kappa shape index (κ1) is 21.4. The number of quaternary nitrogens is 1. The van der Waals surface area contributed by atoms with Crippen molar-refractivity contribution in [3.63, 3.8) is 0 Å². The summed E-state index contributed by atoms with van der Waals surface area (Å²) in [6, 6.07) is 0.843. The van der Waals surface area contributed by atoms with Crippen LogP contribution in [0.2, 0.25) is 0 Å². The molecule has 0 N–H and O–H groups in total. The van der Waals surface area contributed by atoms with Gasteiger partial charge in [0.25, 0.3) is 0 Å². The van der Waals surface area contributed by atoms with Gasteiger partial charge in [-0.2, -0.15) is 0 Å². The second kappa shape index (κ2) is 10.8. The van der Waals surface area contributed by atoms with Gasteiger partial charge in [0.15, 0.2) is 0 Å². The molecular weight excluding hydrogens is 272 g/mol. The van der Waals surface area contributed by atoms with Gasteiger partial charge in [-0.3, -0.25) is 0 Å². The van der Waals surface area contributed by atoms with Gasteiger partial charge in [-0.05, 0) is 55.4 Å². The molecule has 0 aromatic rings. The van der Waals surface area contributed by atoms with Crippen LogP contribution in [-0.4, -0.2) is 52.0 Å². The average molecular weight is 307 g/mol. The maximum Gasteiger partial charge on any atom is 0.0757 e. The van der Waals surface area contributed by atoms with E-state index >= 15 is 0 Å². The molecule has 0 aliphatic rings. The molecule has 0 unspecified atom stereocenters. The lowest BCUT2D eigenvalue weighted by Crippen LogP contribution is -2.47. The Morgan fingerprint density at radius 1 is 0.895 bits per heavy atom. The van der Waals surface area contributed by atoms with Gasteiger partial charge >= 0.3 is 0 Å². The summed E-state index contributed by atoms with van der Waals surface area (Å²) in [6.07, 6.45) is 0. The number of thiocarbonyl (C=S) groups is 1. The van der Waals surface area contributed by atoms with Crippen LogP contribution in [0.15, 0.2) is 0 Å². The highest BCUT2D eigenvalue weighted by Crippen LogP contribution is 2.05. The van der Waals surface area contributed by atoms with E-state index in [0.29, 0.717) is 16.4 Å². The Kier molecular flexibility index (Phi) is 12.2. The van der Waals surface area contributed by atoms with Crippen LogP contribution >= 0.6 is 12.2 Å². The minimum Gasteiger partial charge on any atom is -0.411 e. The first-order valence-electron chi connectivity index (χ1n) is 7.55. The molecule has 0 fully saturated rings. The number of hydrogen-bond acceptors (Lipinski definition) is 2. The molecule has 19 heavy (non-hydrogen) atoms. The molecule has 0 aliphatic heterocycles. The van der Waals surface area contributed by atoms with E-state index in [0.717, 1.165) is 0 Å². The van der Waals surface area contributed by atoms with Gasteiger partial charge in [-0.25, -0.2) is 0 Å². The lowest BCUT2D eigenvalue weighted by molar-refractivity contribution is -0.921. The van der Waals surface area contributed by atoms with Crippen LogP contribution in [0.5, 0.6) is 0 Å². The van der Waals surface area contributed by atoms with E-state index in [9.17, 15) is 0 Å². The zero-order valence-corrected chi connectivity index (χ0v) is 15.8. The maximum absolute atomic E-state index is 4.91. The van der Waals surface area contributed by atoms with E-state index in [1.54, 1.807) is 0 Å². The third kappa shape index (κ3) is 8.05.